The number of rotatable bonds is 10. The molecule has 7 heteroatoms. The number of hydrogen-bond donors (Lipinski definition) is 2. The molecule has 0 radical (unpaired) electrons. The first-order chi connectivity index (χ1) is 12.1. The van der Waals surface area contributed by atoms with Crippen LogP contribution in [-0.4, -0.2) is 28.0 Å². The van der Waals surface area contributed by atoms with Crippen molar-refractivity contribution in [2.24, 2.45) is 5.73 Å². The fourth-order valence-electron chi connectivity index (χ4n) is 2.46. The molecule has 0 saturated heterocycles. The summed E-state index contributed by atoms with van der Waals surface area (Å²) < 4.78 is 5.13. The van der Waals surface area contributed by atoms with Crippen LogP contribution >= 0.6 is 0 Å². The van der Waals surface area contributed by atoms with Gasteiger partial charge in [-0.1, -0.05) is 42.4 Å². The van der Waals surface area contributed by atoms with Crippen LogP contribution in [0, 0.1) is 0 Å². The fraction of sp³-hybridized carbons (Fsp3) is 0.444. The van der Waals surface area contributed by atoms with Gasteiger partial charge < -0.3 is 15.6 Å². The molecule has 1 aromatic carbocycles. The predicted molar refractivity (Wildman–Crippen MR) is 92.5 cm³/mol. The molecule has 25 heavy (non-hydrogen) atoms. The summed E-state index contributed by atoms with van der Waals surface area (Å²) in [6, 6.07) is 8.73. The SMILES string of the molecule is CCCc1noc(CCCC(=O)N[C@@H](Cc2ccccc2)C(N)=O)n1. The molecule has 1 aromatic heterocycles. The van der Waals surface area contributed by atoms with E-state index in [1.807, 2.05) is 37.3 Å². The quantitative estimate of drug-likeness (QED) is 0.679. The number of aryl methyl sites for hydroxylation is 2. The number of nitrogens with one attached hydrogen (secondary N) is 1. The zero-order valence-electron chi connectivity index (χ0n) is 14.4. The fourth-order valence-corrected chi connectivity index (χ4v) is 2.46. The van der Waals surface area contributed by atoms with Crippen molar-refractivity contribution < 1.29 is 14.1 Å². The summed E-state index contributed by atoms with van der Waals surface area (Å²) >= 11 is 0. The topological polar surface area (TPSA) is 111 Å². The van der Waals surface area contributed by atoms with Crippen LogP contribution in [0.5, 0.6) is 0 Å². The van der Waals surface area contributed by atoms with Crippen LogP contribution < -0.4 is 11.1 Å². The maximum Gasteiger partial charge on any atom is 0.240 e. The molecule has 0 saturated carbocycles. The molecule has 2 aromatic rings. The molecular formula is C18H24N4O3. The second-order valence-electron chi connectivity index (χ2n) is 5.92. The summed E-state index contributed by atoms with van der Waals surface area (Å²) in [7, 11) is 0. The van der Waals surface area contributed by atoms with Crippen LogP contribution in [0.2, 0.25) is 0 Å². The smallest absolute Gasteiger partial charge is 0.240 e. The number of hydrogen-bond acceptors (Lipinski definition) is 5. The molecule has 2 rings (SSSR count). The van der Waals surface area contributed by atoms with Gasteiger partial charge in [-0.2, -0.15) is 4.98 Å². The number of amides is 2. The molecule has 0 bridgehead atoms. The van der Waals surface area contributed by atoms with Gasteiger partial charge in [0.1, 0.15) is 6.04 Å². The molecule has 3 N–H and O–H groups in total. The number of nitrogens with two attached hydrogens (primary N) is 1. The molecule has 134 valence electrons. The van der Waals surface area contributed by atoms with E-state index in [9.17, 15) is 9.59 Å². The molecule has 0 spiro atoms. The molecule has 7 nitrogen and oxygen atoms in total. The second kappa shape index (κ2) is 9.56. The van der Waals surface area contributed by atoms with Crippen molar-refractivity contribution in [2.45, 2.75) is 51.5 Å². The minimum Gasteiger partial charge on any atom is -0.368 e. The minimum atomic E-state index is -0.713. The molecule has 2 amide bonds. The number of primary amides is 1. The average Bonchev–Trinajstić information content (AvgIpc) is 3.03. The Morgan fingerprint density at radius 3 is 2.68 bits per heavy atom. The first-order valence-electron chi connectivity index (χ1n) is 8.52. The lowest BCUT2D eigenvalue weighted by atomic mass is 10.1. The van der Waals surface area contributed by atoms with E-state index >= 15 is 0 Å². The molecule has 0 fully saturated rings. The highest BCUT2D eigenvalue weighted by molar-refractivity contribution is 5.86. The van der Waals surface area contributed by atoms with Crippen LogP contribution in [0.25, 0.3) is 0 Å². The van der Waals surface area contributed by atoms with E-state index in [4.69, 9.17) is 10.3 Å². The van der Waals surface area contributed by atoms with Gasteiger partial charge in [-0.3, -0.25) is 9.59 Å². The molecule has 0 unspecified atom stereocenters. The summed E-state index contributed by atoms with van der Waals surface area (Å²) in [4.78, 5) is 27.9. The van der Waals surface area contributed by atoms with Crippen LogP contribution in [0.15, 0.2) is 34.9 Å². The van der Waals surface area contributed by atoms with E-state index in [2.05, 4.69) is 15.5 Å². The number of carbonyl (C=O) groups excluding carboxylic acids is 2. The van der Waals surface area contributed by atoms with E-state index in [0.717, 1.165) is 18.4 Å². The Balaban J connectivity index is 1.77. The van der Waals surface area contributed by atoms with Crippen molar-refractivity contribution in [3.05, 3.63) is 47.6 Å². The standard InChI is InChI=1S/C18H24N4O3/c1-2-7-15-21-17(25-22-15)11-6-10-16(23)20-14(18(19)24)12-13-8-4-3-5-9-13/h3-5,8-9,14H,2,6-7,10-12H2,1H3,(H2,19,24)(H,20,23)/t14-/m0/s1. The summed E-state index contributed by atoms with van der Waals surface area (Å²) in [5.74, 6) is 0.469. The van der Waals surface area contributed by atoms with Gasteiger partial charge in [0, 0.05) is 25.7 Å². The summed E-state index contributed by atoms with van der Waals surface area (Å²) in [6.45, 7) is 2.05. The third-order valence-electron chi connectivity index (χ3n) is 3.74. The largest absolute Gasteiger partial charge is 0.368 e. The van der Waals surface area contributed by atoms with E-state index in [1.54, 1.807) is 0 Å². The number of nitrogens with zero attached hydrogens (tertiary/aromatic N) is 2. The van der Waals surface area contributed by atoms with Crippen molar-refractivity contribution >= 4 is 11.8 Å². The summed E-state index contributed by atoms with van der Waals surface area (Å²) in [6.07, 6.45) is 3.48. The Kier molecular flexibility index (Phi) is 7.13. The van der Waals surface area contributed by atoms with Crippen molar-refractivity contribution in [1.29, 1.82) is 0 Å². The van der Waals surface area contributed by atoms with Gasteiger partial charge >= 0.3 is 0 Å². The Hall–Kier alpha value is -2.70. The molecule has 1 atom stereocenters. The number of aromatic nitrogens is 2. The van der Waals surface area contributed by atoms with Gasteiger partial charge in [0.05, 0.1) is 0 Å². The summed E-state index contributed by atoms with van der Waals surface area (Å²) in [5, 5.41) is 6.57. The van der Waals surface area contributed by atoms with Crippen molar-refractivity contribution in [2.75, 3.05) is 0 Å². The number of carbonyl (C=O) groups is 2. The zero-order chi connectivity index (χ0) is 18.1. The highest BCUT2D eigenvalue weighted by Crippen LogP contribution is 2.06. The maximum atomic E-state index is 12.1. The Morgan fingerprint density at radius 2 is 2.00 bits per heavy atom. The zero-order valence-corrected chi connectivity index (χ0v) is 14.4. The maximum absolute atomic E-state index is 12.1. The summed E-state index contributed by atoms with van der Waals surface area (Å²) in [5.41, 5.74) is 6.34. The molecule has 0 aliphatic heterocycles. The minimum absolute atomic E-state index is 0.215. The monoisotopic (exact) mass is 344 g/mol. The lowest BCUT2D eigenvalue weighted by molar-refractivity contribution is -0.127. The second-order valence-corrected chi connectivity index (χ2v) is 5.92. The first-order valence-corrected chi connectivity index (χ1v) is 8.52. The van der Waals surface area contributed by atoms with Gasteiger partial charge in [-0.25, -0.2) is 0 Å². The van der Waals surface area contributed by atoms with Crippen LogP contribution in [0.3, 0.4) is 0 Å². The molecule has 0 aliphatic rings. The van der Waals surface area contributed by atoms with E-state index in [-0.39, 0.29) is 12.3 Å². The molecular weight excluding hydrogens is 320 g/mol. The van der Waals surface area contributed by atoms with Gasteiger partial charge in [0.15, 0.2) is 5.82 Å². The van der Waals surface area contributed by atoms with E-state index in [0.29, 0.717) is 31.0 Å². The lowest BCUT2D eigenvalue weighted by Gasteiger charge is -2.15. The van der Waals surface area contributed by atoms with Crippen molar-refractivity contribution in [3.63, 3.8) is 0 Å². The molecule has 1 heterocycles. The lowest BCUT2D eigenvalue weighted by Crippen LogP contribution is -2.45. The Bertz CT molecular complexity index is 685. The van der Waals surface area contributed by atoms with Crippen molar-refractivity contribution in [3.8, 4) is 0 Å². The highest BCUT2D eigenvalue weighted by Gasteiger charge is 2.18. The third kappa shape index (κ3) is 6.37. The van der Waals surface area contributed by atoms with Crippen molar-refractivity contribution in [1.82, 2.24) is 15.5 Å². The normalized spacial score (nSPS) is 11.9. The highest BCUT2D eigenvalue weighted by atomic mass is 16.5. The van der Waals surface area contributed by atoms with Gasteiger partial charge in [0.2, 0.25) is 17.7 Å². The predicted octanol–water partition coefficient (Wildman–Crippen LogP) is 1.56. The Morgan fingerprint density at radius 1 is 1.24 bits per heavy atom. The third-order valence-corrected chi connectivity index (χ3v) is 3.74. The van der Waals surface area contributed by atoms with Crippen LogP contribution in [0.4, 0.5) is 0 Å². The van der Waals surface area contributed by atoms with E-state index < -0.39 is 11.9 Å². The number of benzene rings is 1. The van der Waals surface area contributed by atoms with Crippen LogP contribution in [-0.2, 0) is 28.9 Å². The Labute approximate surface area is 147 Å². The van der Waals surface area contributed by atoms with E-state index in [1.165, 1.54) is 0 Å². The van der Waals surface area contributed by atoms with Gasteiger partial charge in [0.25, 0.3) is 0 Å². The van der Waals surface area contributed by atoms with Gasteiger partial charge in [-0.05, 0) is 18.4 Å². The van der Waals surface area contributed by atoms with Gasteiger partial charge in [-0.15, -0.1) is 0 Å². The molecule has 0 aliphatic carbocycles. The first kappa shape index (κ1) is 18.6. The van der Waals surface area contributed by atoms with Crippen LogP contribution in [0.1, 0.15) is 43.5 Å². The average molecular weight is 344 g/mol.